The number of alkyl halides is 3. The van der Waals surface area contributed by atoms with Crippen molar-refractivity contribution in [1.29, 1.82) is 0 Å². The van der Waals surface area contributed by atoms with Gasteiger partial charge < -0.3 is 4.74 Å². The fourth-order valence-electron chi connectivity index (χ4n) is 2.25. The number of benzene rings is 1. The number of rotatable bonds is 3. The predicted molar refractivity (Wildman–Crippen MR) is 73.4 cm³/mol. The first-order valence-corrected chi connectivity index (χ1v) is 6.80. The van der Waals surface area contributed by atoms with Crippen molar-refractivity contribution in [2.24, 2.45) is 0 Å². The van der Waals surface area contributed by atoms with Crippen LogP contribution in [0.15, 0.2) is 36.5 Å². The van der Waals surface area contributed by atoms with Gasteiger partial charge in [-0.25, -0.2) is 8.78 Å². The van der Waals surface area contributed by atoms with Gasteiger partial charge in [-0.3, -0.25) is 4.40 Å². The Morgan fingerprint density at radius 2 is 1.88 bits per heavy atom. The van der Waals surface area contributed by atoms with Gasteiger partial charge in [0.25, 0.3) is 0 Å². The van der Waals surface area contributed by atoms with Gasteiger partial charge in [0.15, 0.2) is 29.1 Å². The summed E-state index contributed by atoms with van der Waals surface area (Å²) >= 11 is 0. The van der Waals surface area contributed by atoms with E-state index in [4.69, 9.17) is 4.74 Å². The summed E-state index contributed by atoms with van der Waals surface area (Å²) in [5, 5.41) is 7.25. The van der Waals surface area contributed by atoms with Crippen LogP contribution in [0.25, 0.3) is 5.65 Å². The molecule has 3 rings (SSSR count). The van der Waals surface area contributed by atoms with Crippen LogP contribution in [0.5, 0.6) is 5.75 Å². The van der Waals surface area contributed by atoms with Gasteiger partial charge in [0.05, 0.1) is 0 Å². The van der Waals surface area contributed by atoms with Gasteiger partial charge in [-0.05, 0) is 31.2 Å². The number of ether oxygens (including phenoxy) is 1. The van der Waals surface area contributed by atoms with E-state index in [0.717, 1.165) is 22.6 Å². The molecule has 3 aromatic rings. The molecule has 1 atom stereocenters. The maximum atomic E-state index is 13.6. The second-order valence-electron chi connectivity index (χ2n) is 5.01. The lowest BCUT2D eigenvalue weighted by atomic mass is 10.2. The van der Waals surface area contributed by atoms with E-state index in [-0.39, 0.29) is 17.2 Å². The van der Waals surface area contributed by atoms with Crippen molar-refractivity contribution in [3.05, 3.63) is 59.6 Å². The Labute approximate surface area is 132 Å². The third-order valence-corrected chi connectivity index (χ3v) is 3.33. The van der Waals surface area contributed by atoms with Crippen LogP contribution < -0.4 is 4.74 Å². The number of nitrogens with zero attached hydrogens (tertiary/aromatic N) is 3. The van der Waals surface area contributed by atoms with E-state index in [1.165, 1.54) is 19.2 Å². The maximum Gasteiger partial charge on any atom is 0.420 e. The highest BCUT2D eigenvalue weighted by Gasteiger charge is 2.34. The molecule has 2 heterocycles. The molecule has 0 aliphatic carbocycles. The van der Waals surface area contributed by atoms with Crippen molar-refractivity contribution in [1.82, 2.24) is 14.6 Å². The molecule has 0 saturated carbocycles. The molecular formula is C15H10F5N3O. The van der Waals surface area contributed by atoms with Gasteiger partial charge in [0, 0.05) is 12.3 Å². The predicted octanol–water partition coefficient (Wildman–Crippen LogP) is 4.17. The van der Waals surface area contributed by atoms with E-state index >= 15 is 0 Å². The molecule has 0 N–H and O–H groups in total. The quantitative estimate of drug-likeness (QED) is 0.670. The summed E-state index contributed by atoms with van der Waals surface area (Å²) in [4.78, 5) is 0. The Hall–Kier alpha value is -2.71. The highest BCUT2D eigenvalue weighted by Crippen LogP contribution is 2.32. The molecule has 2 aromatic heterocycles. The van der Waals surface area contributed by atoms with Gasteiger partial charge in [-0.2, -0.15) is 13.2 Å². The van der Waals surface area contributed by atoms with Crippen LogP contribution in [-0.4, -0.2) is 14.6 Å². The molecule has 4 nitrogen and oxygen atoms in total. The summed E-state index contributed by atoms with van der Waals surface area (Å²) in [5.74, 6) is -1.88. The van der Waals surface area contributed by atoms with Crippen molar-refractivity contribution in [2.75, 3.05) is 0 Å². The molecule has 0 amide bonds. The van der Waals surface area contributed by atoms with E-state index in [0.29, 0.717) is 6.07 Å². The number of hydrogen-bond acceptors (Lipinski definition) is 3. The highest BCUT2D eigenvalue weighted by atomic mass is 19.4. The zero-order chi connectivity index (χ0) is 17.5. The molecule has 0 aliphatic rings. The fourth-order valence-corrected chi connectivity index (χ4v) is 2.25. The van der Waals surface area contributed by atoms with Crippen LogP contribution in [0.2, 0.25) is 0 Å². The van der Waals surface area contributed by atoms with Crippen molar-refractivity contribution in [3.63, 3.8) is 0 Å². The number of aromatic nitrogens is 3. The van der Waals surface area contributed by atoms with Crippen molar-refractivity contribution in [2.45, 2.75) is 19.2 Å². The molecule has 0 saturated heterocycles. The molecule has 0 fully saturated rings. The first-order valence-electron chi connectivity index (χ1n) is 6.80. The van der Waals surface area contributed by atoms with E-state index in [9.17, 15) is 22.0 Å². The Morgan fingerprint density at radius 1 is 1.12 bits per heavy atom. The zero-order valence-corrected chi connectivity index (χ0v) is 12.2. The standard InChI is InChI=1S/C15H10F5N3O/c1-8(24-12-5-4-9(16)7-11(12)17)13-21-22-14-10(15(18,19)20)3-2-6-23(13)14/h2-8H,1H3/t8-/m1/s1. The lowest BCUT2D eigenvalue weighted by molar-refractivity contribution is -0.136. The first kappa shape index (κ1) is 16.2. The van der Waals surface area contributed by atoms with Crippen LogP contribution in [0.4, 0.5) is 22.0 Å². The maximum absolute atomic E-state index is 13.6. The van der Waals surface area contributed by atoms with Crippen LogP contribution in [-0.2, 0) is 6.18 Å². The molecule has 0 aliphatic heterocycles. The van der Waals surface area contributed by atoms with Gasteiger partial charge >= 0.3 is 6.18 Å². The summed E-state index contributed by atoms with van der Waals surface area (Å²) < 4.78 is 71.9. The molecule has 0 bridgehead atoms. The molecule has 0 unspecified atom stereocenters. The smallest absolute Gasteiger partial charge is 0.420 e. The zero-order valence-electron chi connectivity index (χ0n) is 12.2. The minimum atomic E-state index is -4.58. The highest BCUT2D eigenvalue weighted by molar-refractivity contribution is 5.49. The van der Waals surface area contributed by atoms with Crippen LogP contribution >= 0.6 is 0 Å². The van der Waals surface area contributed by atoms with Crippen LogP contribution in [0, 0.1) is 11.6 Å². The lowest BCUT2D eigenvalue weighted by Gasteiger charge is -2.14. The van der Waals surface area contributed by atoms with Gasteiger partial charge in [0.1, 0.15) is 11.4 Å². The number of halogens is 5. The van der Waals surface area contributed by atoms with Gasteiger partial charge in [0.2, 0.25) is 0 Å². The summed E-state index contributed by atoms with van der Waals surface area (Å²) in [6.07, 6.45) is -4.15. The Morgan fingerprint density at radius 3 is 2.54 bits per heavy atom. The number of fused-ring (bicyclic) bond motifs is 1. The third-order valence-electron chi connectivity index (χ3n) is 3.33. The molecule has 9 heteroatoms. The van der Waals surface area contributed by atoms with Crippen molar-refractivity contribution in [3.8, 4) is 5.75 Å². The Kier molecular flexibility index (Phi) is 3.86. The molecule has 126 valence electrons. The first-order chi connectivity index (χ1) is 11.3. The normalized spacial score (nSPS) is 13.2. The lowest BCUT2D eigenvalue weighted by Crippen LogP contribution is -2.11. The molecule has 0 radical (unpaired) electrons. The second kappa shape index (κ2) is 5.73. The summed E-state index contributed by atoms with van der Waals surface area (Å²) in [6, 6.07) is 4.83. The third kappa shape index (κ3) is 2.89. The topological polar surface area (TPSA) is 39.4 Å². The largest absolute Gasteiger partial charge is 0.480 e. The summed E-state index contributed by atoms with van der Waals surface area (Å²) in [6.45, 7) is 1.47. The van der Waals surface area contributed by atoms with Gasteiger partial charge in [-0.1, -0.05) is 0 Å². The van der Waals surface area contributed by atoms with E-state index in [1.807, 2.05) is 0 Å². The fraction of sp³-hybridized carbons (Fsp3) is 0.200. The van der Waals surface area contributed by atoms with Gasteiger partial charge in [-0.15, -0.1) is 10.2 Å². The van der Waals surface area contributed by atoms with Crippen molar-refractivity contribution >= 4 is 5.65 Å². The van der Waals surface area contributed by atoms with E-state index in [2.05, 4.69) is 10.2 Å². The van der Waals surface area contributed by atoms with E-state index in [1.54, 1.807) is 0 Å². The molecule has 0 spiro atoms. The minimum absolute atomic E-state index is 0.0554. The molecule has 24 heavy (non-hydrogen) atoms. The summed E-state index contributed by atoms with van der Waals surface area (Å²) in [7, 11) is 0. The van der Waals surface area contributed by atoms with Crippen LogP contribution in [0.3, 0.4) is 0 Å². The Bertz CT molecular complexity index is 890. The monoisotopic (exact) mass is 343 g/mol. The number of pyridine rings is 1. The summed E-state index contributed by atoms with van der Waals surface area (Å²) in [5.41, 5.74) is -1.32. The van der Waals surface area contributed by atoms with Crippen LogP contribution in [0.1, 0.15) is 24.4 Å². The van der Waals surface area contributed by atoms with Crippen molar-refractivity contribution < 1.29 is 26.7 Å². The SMILES string of the molecule is C[C@@H](Oc1ccc(F)cc1F)c1nnc2c(C(F)(F)F)cccn12. The Balaban J connectivity index is 1.97. The average Bonchev–Trinajstić information content (AvgIpc) is 2.93. The molecular weight excluding hydrogens is 333 g/mol. The minimum Gasteiger partial charge on any atom is -0.480 e. The second-order valence-corrected chi connectivity index (χ2v) is 5.01. The number of hydrogen-bond donors (Lipinski definition) is 0. The van der Waals surface area contributed by atoms with E-state index < -0.39 is 29.5 Å². The average molecular weight is 343 g/mol. The molecule has 1 aromatic carbocycles.